The maximum atomic E-state index is 12.9. The van der Waals surface area contributed by atoms with Crippen molar-refractivity contribution in [2.24, 2.45) is 5.92 Å². The van der Waals surface area contributed by atoms with Crippen molar-refractivity contribution in [2.45, 2.75) is 44.2 Å². The zero-order valence-electron chi connectivity index (χ0n) is 12.4. The number of halogens is 1. The van der Waals surface area contributed by atoms with Crippen LogP contribution in [-0.2, 0) is 9.59 Å². The molecule has 4 nitrogen and oxygen atoms in total. The number of ketones is 1. The number of benzene rings is 1. The fraction of sp³-hybridized carbons (Fsp3) is 0.529. The quantitative estimate of drug-likeness (QED) is 0.928. The van der Waals surface area contributed by atoms with Crippen molar-refractivity contribution in [3.63, 3.8) is 0 Å². The van der Waals surface area contributed by atoms with E-state index in [-0.39, 0.29) is 29.5 Å². The van der Waals surface area contributed by atoms with Crippen LogP contribution in [0.2, 0.25) is 0 Å². The molecule has 1 saturated heterocycles. The average molecular weight is 305 g/mol. The van der Waals surface area contributed by atoms with Crippen molar-refractivity contribution in [2.75, 3.05) is 6.54 Å². The lowest BCUT2D eigenvalue weighted by atomic mass is 9.82. The first kappa shape index (κ1) is 15.2. The number of hydrogen-bond acceptors (Lipinski definition) is 3. The molecule has 1 N–H and O–H groups in total. The van der Waals surface area contributed by atoms with Gasteiger partial charge in [0, 0.05) is 25.4 Å². The molecule has 1 saturated carbocycles. The minimum atomic E-state index is -0.706. The molecular formula is C17H20FNO3. The second-order valence-corrected chi connectivity index (χ2v) is 6.27. The Morgan fingerprint density at radius 1 is 1.32 bits per heavy atom. The molecule has 2 aliphatic rings. The van der Waals surface area contributed by atoms with E-state index in [9.17, 15) is 19.1 Å². The first-order chi connectivity index (χ1) is 10.5. The number of carbonyl (C=O) groups is 2. The third kappa shape index (κ3) is 3.04. The fourth-order valence-electron chi connectivity index (χ4n) is 3.35. The average Bonchev–Trinajstić information content (AvgIpc) is 2.92. The van der Waals surface area contributed by atoms with E-state index in [2.05, 4.69) is 0 Å². The van der Waals surface area contributed by atoms with E-state index in [1.807, 2.05) is 4.90 Å². The van der Waals surface area contributed by atoms with Crippen molar-refractivity contribution < 1.29 is 19.1 Å². The van der Waals surface area contributed by atoms with Gasteiger partial charge < -0.3 is 10.0 Å². The summed E-state index contributed by atoms with van der Waals surface area (Å²) in [6.07, 6.45) is 2.27. The van der Waals surface area contributed by atoms with E-state index >= 15 is 0 Å². The van der Waals surface area contributed by atoms with Crippen molar-refractivity contribution in [1.82, 2.24) is 4.90 Å². The Labute approximate surface area is 128 Å². The summed E-state index contributed by atoms with van der Waals surface area (Å²) in [6, 6.07) is 5.81. The number of aliphatic hydroxyl groups excluding tert-OH is 1. The van der Waals surface area contributed by atoms with Gasteiger partial charge in [-0.15, -0.1) is 0 Å². The molecule has 3 rings (SSSR count). The molecule has 1 aromatic carbocycles. The first-order valence-corrected chi connectivity index (χ1v) is 7.80. The second kappa shape index (κ2) is 6.16. The monoisotopic (exact) mass is 305 g/mol. The van der Waals surface area contributed by atoms with Gasteiger partial charge in [-0.3, -0.25) is 9.59 Å². The van der Waals surface area contributed by atoms with E-state index in [4.69, 9.17) is 0 Å². The van der Waals surface area contributed by atoms with Crippen LogP contribution in [0.1, 0.15) is 43.8 Å². The van der Waals surface area contributed by atoms with Gasteiger partial charge in [0.25, 0.3) is 0 Å². The summed E-state index contributed by atoms with van der Waals surface area (Å²) in [6.45, 7) is 0.699. The zero-order valence-corrected chi connectivity index (χ0v) is 12.4. The van der Waals surface area contributed by atoms with Crippen LogP contribution in [0.3, 0.4) is 0 Å². The van der Waals surface area contributed by atoms with Gasteiger partial charge in [0.05, 0.1) is 12.0 Å². The predicted molar refractivity (Wildman–Crippen MR) is 78.4 cm³/mol. The lowest BCUT2D eigenvalue weighted by Gasteiger charge is -2.32. The SMILES string of the molecule is O=C1CC(C(=O)N2CCCC2CC(O)c2ccc(F)cc2)C1. The summed E-state index contributed by atoms with van der Waals surface area (Å²) in [4.78, 5) is 25.3. The number of aliphatic hydroxyl groups is 1. The molecule has 1 aromatic rings. The van der Waals surface area contributed by atoms with Crippen LogP contribution in [0.4, 0.5) is 4.39 Å². The van der Waals surface area contributed by atoms with Crippen molar-refractivity contribution in [1.29, 1.82) is 0 Å². The Morgan fingerprint density at radius 2 is 2.00 bits per heavy atom. The summed E-state index contributed by atoms with van der Waals surface area (Å²) < 4.78 is 12.9. The Hall–Kier alpha value is -1.75. The normalized spacial score (nSPS) is 23.5. The fourth-order valence-corrected chi connectivity index (χ4v) is 3.35. The van der Waals surface area contributed by atoms with Gasteiger partial charge >= 0.3 is 0 Å². The third-order valence-corrected chi connectivity index (χ3v) is 4.71. The topological polar surface area (TPSA) is 57.6 Å². The van der Waals surface area contributed by atoms with Gasteiger partial charge in [0.1, 0.15) is 11.6 Å². The van der Waals surface area contributed by atoms with E-state index in [0.29, 0.717) is 31.4 Å². The molecule has 1 heterocycles. The van der Waals surface area contributed by atoms with Crippen LogP contribution in [0.25, 0.3) is 0 Å². The van der Waals surface area contributed by atoms with E-state index in [1.54, 1.807) is 12.1 Å². The smallest absolute Gasteiger partial charge is 0.226 e. The molecule has 0 radical (unpaired) electrons. The highest BCUT2D eigenvalue weighted by atomic mass is 19.1. The van der Waals surface area contributed by atoms with Crippen molar-refractivity contribution in [3.8, 4) is 0 Å². The van der Waals surface area contributed by atoms with E-state index < -0.39 is 6.10 Å². The maximum Gasteiger partial charge on any atom is 0.226 e. The van der Waals surface area contributed by atoms with Gasteiger partial charge in [-0.1, -0.05) is 12.1 Å². The zero-order chi connectivity index (χ0) is 15.7. The van der Waals surface area contributed by atoms with Gasteiger partial charge in [-0.2, -0.15) is 0 Å². The summed E-state index contributed by atoms with van der Waals surface area (Å²) in [5, 5.41) is 10.3. The molecule has 5 heteroatoms. The molecular weight excluding hydrogens is 285 g/mol. The molecule has 1 amide bonds. The minimum Gasteiger partial charge on any atom is -0.388 e. The largest absolute Gasteiger partial charge is 0.388 e. The molecule has 0 aromatic heterocycles. The molecule has 0 spiro atoms. The Bertz CT molecular complexity index is 564. The standard InChI is InChI=1S/C17H20FNO3/c18-13-5-3-11(4-6-13)16(21)10-14-2-1-7-19(14)17(22)12-8-15(20)9-12/h3-6,12,14,16,21H,1-2,7-10H2. The summed E-state index contributed by atoms with van der Waals surface area (Å²) in [5.74, 6) is -0.284. The molecule has 1 aliphatic heterocycles. The van der Waals surface area contributed by atoms with Crippen molar-refractivity contribution in [3.05, 3.63) is 35.6 Å². The lowest BCUT2D eigenvalue weighted by Crippen LogP contribution is -2.44. The Kier molecular flexibility index (Phi) is 4.25. The van der Waals surface area contributed by atoms with E-state index in [1.165, 1.54) is 12.1 Å². The van der Waals surface area contributed by atoms with Gasteiger partial charge in [0.15, 0.2) is 0 Å². The van der Waals surface area contributed by atoms with Crippen LogP contribution in [-0.4, -0.2) is 34.3 Å². The highest BCUT2D eigenvalue weighted by Crippen LogP contribution is 2.32. The first-order valence-electron chi connectivity index (χ1n) is 7.80. The second-order valence-electron chi connectivity index (χ2n) is 6.27. The highest BCUT2D eigenvalue weighted by Gasteiger charge is 2.39. The summed E-state index contributed by atoms with van der Waals surface area (Å²) in [5.41, 5.74) is 0.666. The maximum absolute atomic E-state index is 12.9. The molecule has 0 bridgehead atoms. The molecule has 2 unspecified atom stereocenters. The predicted octanol–water partition coefficient (Wildman–Crippen LogP) is 2.22. The number of hydrogen-bond donors (Lipinski definition) is 1. The number of carbonyl (C=O) groups excluding carboxylic acids is 2. The van der Waals surface area contributed by atoms with E-state index in [0.717, 1.165) is 12.8 Å². The molecule has 1 aliphatic carbocycles. The van der Waals surface area contributed by atoms with Crippen LogP contribution in [0.15, 0.2) is 24.3 Å². The van der Waals surface area contributed by atoms with Gasteiger partial charge in [-0.25, -0.2) is 4.39 Å². The van der Waals surface area contributed by atoms with Crippen molar-refractivity contribution >= 4 is 11.7 Å². The van der Waals surface area contributed by atoms with Crippen LogP contribution in [0, 0.1) is 11.7 Å². The number of nitrogens with zero attached hydrogens (tertiary/aromatic N) is 1. The van der Waals surface area contributed by atoms with Gasteiger partial charge in [0.2, 0.25) is 5.91 Å². The van der Waals surface area contributed by atoms with Crippen LogP contribution < -0.4 is 0 Å². The molecule has 2 fully saturated rings. The Morgan fingerprint density at radius 3 is 2.64 bits per heavy atom. The van der Waals surface area contributed by atoms with Crippen LogP contribution >= 0.6 is 0 Å². The highest BCUT2D eigenvalue weighted by molar-refractivity contribution is 5.96. The summed E-state index contributed by atoms with van der Waals surface area (Å²) >= 11 is 0. The number of Topliss-reactive ketones (excluding diaryl/α,β-unsaturated/α-hetero) is 1. The van der Waals surface area contributed by atoms with Crippen LogP contribution in [0.5, 0.6) is 0 Å². The lowest BCUT2D eigenvalue weighted by molar-refractivity contribution is -0.146. The number of likely N-dealkylation sites (tertiary alicyclic amines) is 1. The number of rotatable bonds is 4. The molecule has 118 valence electrons. The third-order valence-electron chi connectivity index (χ3n) is 4.71. The summed E-state index contributed by atoms with van der Waals surface area (Å²) in [7, 11) is 0. The molecule has 2 atom stereocenters. The Balaban J connectivity index is 1.62. The minimum absolute atomic E-state index is 0.00301. The number of amides is 1. The van der Waals surface area contributed by atoms with Gasteiger partial charge in [-0.05, 0) is 37.0 Å². The molecule has 22 heavy (non-hydrogen) atoms.